The number of carbonyl (C=O) groups is 1. The Bertz CT molecular complexity index is 1690. The molecule has 0 bridgehead atoms. The zero-order valence-corrected chi connectivity index (χ0v) is 25.5. The summed E-state index contributed by atoms with van der Waals surface area (Å²) in [5.74, 6) is 1.05. The Hall–Kier alpha value is -4.58. The first-order chi connectivity index (χ1) is 21.0. The summed E-state index contributed by atoms with van der Waals surface area (Å²) in [6.07, 6.45) is -2.25. The summed E-state index contributed by atoms with van der Waals surface area (Å²) in [7, 11) is 0. The van der Waals surface area contributed by atoms with Crippen LogP contribution >= 0.6 is 11.8 Å². The number of alkyl halides is 3. The highest BCUT2D eigenvalue weighted by molar-refractivity contribution is 8.14. The molecule has 1 aromatic heterocycles. The molecule has 2 heterocycles. The molecule has 44 heavy (non-hydrogen) atoms. The van der Waals surface area contributed by atoms with Gasteiger partial charge >= 0.3 is 12.4 Å². The molecule has 1 saturated heterocycles. The van der Waals surface area contributed by atoms with Crippen molar-refractivity contribution in [3.63, 3.8) is 0 Å². The molecule has 0 aliphatic carbocycles. The number of halogens is 3. The second kappa shape index (κ2) is 13.0. The lowest BCUT2D eigenvalue weighted by Crippen LogP contribution is -2.36. The second-order valence-electron chi connectivity index (χ2n) is 10.3. The van der Waals surface area contributed by atoms with Gasteiger partial charge in [-0.2, -0.15) is 4.99 Å². The summed E-state index contributed by atoms with van der Waals surface area (Å²) in [5, 5.41) is 8.07. The number of urea groups is 1. The van der Waals surface area contributed by atoms with Gasteiger partial charge in [0.2, 0.25) is 0 Å². The van der Waals surface area contributed by atoms with Crippen molar-refractivity contribution in [2.45, 2.75) is 40.5 Å². The minimum atomic E-state index is -4.75. The molecule has 0 saturated carbocycles. The van der Waals surface area contributed by atoms with E-state index in [0.717, 1.165) is 52.2 Å². The Kier molecular flexibility index (Phi) is 9.09. The number of aryl methyl sites for hydroxylation is 2. The van der Waals surface area contributed by atoms with Crippen molar-refractivity contribution in [1.29, 1.82) is 0 Å². The Morgan fingerprint density at radius 1 is 1.00 bits per heavy atom. The SMILES string of the molecule is C/C(NC(=O)N=C1SCCCN1c1c(C)cccc1C)=C(/C)c1ccc(-c2ncn(-c3ccc(OC(F)(F)F)cc3)n2)cc1. The number of para-hydroxylation sites is 1. The summed E-state index contributed by atoms with van der Waals surface area (Å²) < 4.78 is 42.7. The number of nitrogens with zero attached hydrogens (tertiary/aromatic N) is 5. The van der Waals surface area contributed by atoms with Gasteiger partial charge in [-0.05, 0) is 80.6 Å². The maximum absolute atomic E-state index is 13.0. The van der Waals surface area contributed by atoms with Crippen LogP contribution in [0, 0.1) is 13.8 Å². The monoisotopic (exact) mass is 620 g/mol. The third-order valence-electron chi connectivity index (χ3n) is 7.15. The van der Waals surface area contributed by atoms with E-state index in [9.17, 15) is 18.0 Å². The highest BCUT2D eigenvalue weighted by Crippen LogP contribution is 2.31. The lowest BCUT2D eigenvalue weighted by atomic mass is 10.0. The van der Waals surface area contributed by atoms with Gasteiger partial charge in [0.15, 0.2) is 11.0 Å². The number of hydrogen-bond acceptors (Lipinski definition) is 5. The molecule has 1 aliphatic heterocycles. The van der Waals surface area contributed by atoms with Crippen LogP contribution < -0.4 is 15.0 Å². The van der Waals surface area contributed by atoms with Crippen molar-refractivity contribution in [2.75, 3.05) is 17.2 Å². The van der Waals surface area contributed by atoms with Crippen LogP contribution in [-0.2, 0) is 0 Å². The van der Waals surface area contributed by atoms with Gasteiger partial charge in [0.1, 0.15) is 12.1 Å². The Labute approximate surface area is 257 Å². The fourth-order valence-corrected chi connectivity index (χ4v) is 5.81. The van der Waals surface area contributed by atoms with Crippen LogP contribution in [0.3, 0.4) is 0 Å². The smallest absolute Gasteiger partial charge is 0.406 e. The van der Waals surface area contributed by atoms with E-state index in [2.05, 4.69) is 56.0 Å². The van der Waals surface area contributed by atoms with E-state index in [1.807, 2.05) is 44.2 Å². The summed E-state index contributed by atoms with van der Waals surface area (Å²) in [6.45, 7) is 8.71. The molecule has 1 N–H and O–H groups in total. The van der Waals surface area contributed by atoms with E-state index in [-0.39, 0.29) is 5.75 Å². The van der Waals surface area contributed by atoms with Gasteiger partial charge in [0.25, 0.3) is 0 Å². The summed E-state index contributed by atoms with van der Waals surface area (Å²) in [4.78, 5) is 23.9. The van der Waals surface area contributed by atoms with Crippen molar-refractivity contribution in [1.82, 2.24) is 20.1 Å². The summed E-state index contributed by atoms with van der Waals surface area (Å²) in [5.41, 5.74) is 7.15. The Morgan fingerprint density at radius 3 is 2.34 bits per heavy atom. The van der Waals surface area contributed by atoms with Gasteiger partial charge in [-0.15, -0.1) is 18.3 Å². The maximum atomic E-state index is 13.0. The van der Waals surface area contributed by atoms with Gasteiger partial charge in [0.05, 0.1) is 5.69 Å². The number of carbonyl (C=O) groups excluding carboxylic acids is 1. The molecule has 4 aromatic rings. The number of thioether (sulfide) groups is 1. The Morgan fingerprint density at radius 2 is 1.68 bits per heavy atom. The number of rotatable bonds is 6. The number of aliphatic imine (C=N–C) groups is 1. The van der Waals surface area contributed by atoms with Gasteiger partial charge < -0.3 is 15.0 Å². The number of nitrogens with one attached hydrogen (secondary N) is 1. The minimum absolute atomic E-state index is 0.313. The van der Waals surface area contributed by atoms with Crippen LogP contribution in [-0.4, -0.2) is 44.6 Å². The average molecular weight is 621 g/mol. The molecule has 0 radical (unpaired) electrons. The number of benzene rings is 3. The van der Waals surface area contributed by atoms with Gasteiger partial charge in [-0.1, -0.05) is 54.2 Å². The fourth-order valence-electron chi connectivity index (χ4n) is 4.87. The van der Waals surface area contributed by atoms with Crippen molar-refractivity contribution in [3.05, 3.63) is 95.4 Å². The van der Waals surface area contributed by atoms with Crippen LogP contribution in [0.5, 0.6) is 5.75 Å². The zero-order chi connectivity index (χ0) is 31.4. The average Bonchev–Trinajstić information content (AvgIpc) is 3.47. The molecule has 3 aromatic carbocycles. The van der Waals surface area contributed by atoms with Crippen LogP contribution in [0.4, 0.5) is 23.7 Å². The van der Waals surface area contributed by atoms with Gasteiger partial charge in [-0.3, -0.25) is 0 Å². The number of anilines is 1. The van der Waals surface area contributed by atoms with Crippen LogP contribution in [0.15, 0.2) is 83.7 Å². The molecule has 0 atom stereocenters. The number of amidine groups is 1. The maximum Gasteiger partial charge on any atom is 0.573 e. The molecule has 2 amide bonds. The van der Waals surface area contributed by atoms with Crippen LogP contribution in [0.2, 0.25) is 0 Å². The van der Waals surface area contributed by atoms with E-state index >= 15 is 0 Å². The number of allylic oxidation sites excluding steroid dienone is 2. The van der Waals surface area contributed by atoms with E-state index < -0.39 is 12.4 Å². The van der Waals surface area contributed by atoms with E-state index in [1.54, 1.807) is 11.8 Å². The van der Waals surface area contributed by atoms with E-state index in [4.69, 9.17) is 0 Å². The summed E-state index contributed by atoms with van der Waals surface area (Å²) >= 11 is 1.58. The van der Waals surface area contributed by atoms with Crippen molar-refractivity contribution in [3.8, 4) is 22.8 Å². The molecular weight excluding hydrogens is 589 g/mol. The third kappa shape index (κ3) is 7.31. The fraction of sp³-hybridized carbons (Fsp3) is 0.250. The van der Waals surface area contributed by atoms with E-state index in [1.165, 1.54) is 35.3 Å². The molecule has 0 spiro atoms. The molecule has 1 aliphatic rings. The van der Waals surface area contributed by atoms with E-state index in [0.29, 0.717) is 22.4 Å². The number of aromatic nitrogens is 3. The first kappa shape index (κ1) is 30.9. The largest absolute Gasteiger partial charge is 0.573 e. The summed E-state index contributed by atoms with van der Waals surface area (Å²) in [6, 6.07) is 18.7. The predicted octanol–water partition coefficient (Wildman–Crippen LogP) is 7.91. The second-order valence-corrected chi connectivity index (χ2v) is 11.4. The molecule has 1 fully saturated rings. The topological polar surface area (TPSA) is 84.6 Å². The molecular formula is C32H31F3N6O2S. The normalized spacial score (nSPS) is 15.2. The third-order valence-corrected chi connectivity index (χ3v) is 8.22. The quantitative estimate of drug-likeness (QED) is 0.236. The van der Waals surface area contributed by atoms with Crippen molar-refractivity contribution < 1.29 is 22.7 Å². The lowest BCUT2D eigenvalue weighted by molar-refractivity contribution is -0.274. The Balaban J connectivity index is 1.27. The lowest BCUT2D eigenvalue weighted by Gasteiger charge is -2.31. The number of ether oxygens (including phenoxy) is 1. The molecule has 8 nitrogen and oxygen atoms in total. The van der Waals surface area contributed by atoms with Crippen LogP contribution in [0.25, 0.3) is 22.6 Å². The predicted molar refractivity (Wildman–Crippen MR) is 168 cm³/mol. The molecule has 12 heteroatoms. The molecule has 228 valence electrons. The standard InChI is InChI=1S/C32H31F3N6O2S/c1-20-7-5-8-21(2)28(20)40-17-6-18-44-31(40)38-30(42)37-23(4)22(3)24-9-11-25(12-10-24)29-36-19-41(39-29)26-13-15-27(16-14-26)43-32(33,34)35/h5,7-16,19H,6,17-18H2,1-4H3,(H,37,42)/b23-22+,38-31?. The van der Waals surface area contributed by atoms with Crippen LogP contribution in [0.1, 0.15) is 37.0 Å². The van der Waals surface area contributed by atoms with Crippen molar-refractivity contribution >= 4 is 34.2 Å². The van der Waals surface area contributed by atoms with Gasteiger partial charge in [0, 0.05) is 29.2 Å². The van der Waals surface area contributed by atoms with Gasteiger partial charge in [-0.25, -0.2) is 14.5 Å². The zero-order valence-electron chi connectivity index (χ0n) is 24.6. The number of hydrogen-bond donors (Lipinski definition) is 1. The highest BCUT2D eigenvalue weighted by atomic mass is 32.2. The molecule has 5 rings (SSSR count). The highest BCUT2D eigenvalue weighted by Gasteiger charge is 2.31. The van der Waals surface area contributed by atoms with Crippen molar-refractivity contribution in [2.24, 2.45) is 4.99 Å². The molecule has 0 unspecified atom stereocenters. The first-order valence-corrected chi connectivity index (χ1v) is 14.9. The number of amides is 2. The minimum Gasteiger partial charge on any atom is -0.406 e. The first-order valence-electron chi connectivity index (χ1n) is 13.9.